The molecule has 0 unspecified atom stereocenters. The Labute approximate surface area is 123 Å². The SMILES string of the molecule is Bc1ccc([C@H](C)NCCC2(C(C)C)OCCO2)cc1. The van der Waals surface area contributed by atoms with Gasteiger partial charge in [0.15, 0.2) is 5.79 Å². The van der Waals surface area contributed by atoms with Gasteiger partial charge in [-0.25, -0.2) is 0 Å². The molecule has 0 aliphatic carbocycles. The van der Waals surface area contributed by atoms with Crippen LogP contribution in [0.4, 0.5) is 0 Å². The van der Waals surface area contributed by atoms with Crippen molar-refractivity contribution in [3.05, 3.63) is 29.8 Å². The van der Waals surface area contributed by atoms with E-state index in [9.17, 15) is 0 Å². The van der Waals surface area contributed by atoms with Crippen LogP contribution in [0.15, 0.2) is 24.3 Å². The third-order valence-electron chi connectivity index (χ3n) is 4.16. The molecule has 110 valence electrons. The first-order chi connectivity index (χ1) is 9.53. The minimum absolute atomic E-state index is 0.348. The summed E-state index contributed by atoms with van der Waals surface area (Å²) < 4.78 is 11.7. The normalized spacial score (nSPS) is 19.4. The third-order valence-corrected chi connectivity index (χ3v) is 4.16. The highest BCUT2D eigenvalue weighted by Gasteiger charge is 2.39. The van der Waals surface area contributed by atoms with Gasteiger partial charge in [0.1, 0.15) is 7.85 Å². The average Bonchev–Trinajstić information content (AvgIpc) is 2.89. The Morgan fingerprint density at radius 2 is 1.75 bits per heavy atom. The van der Waals surface area contributed by atoms with Crippen LogP contribution >= 0.6 is 0 Å². The predicted molar refractivity (Wildman–Crippen MR) is 85.1 cm³/mol. The van der Waals surface area contributed by atoms with E-state index in [4.69, 9.17) is 9.47 Å². The highest BCUT2D eigenvalue weighted by atomic mass is 16.7. The first kappa shape index (κ1) is 15.6. The largest absolute Gasteiger partial charge is 0.347 e. The smallest absolute Gasteiger partial charge is 0.171 e. The van der Waals surface area contributed by atoms with E-state index in [2.05, 4.69) is 58.2 Å². The summed E-state index contributed by atoms with van der Waals surface area (Å²) in [5.74, 6) is -0.0125. The van der Waals surface area contributed by atoms with Gasteiger partial charge in [0.05, 0.1) is 13.2 Å². The number of benzene rings is 1. The van der Waals surface area contributed by atoms with Crippen LogP contribution in [0.1, 0.15) is 38.8 Å². The number of rotatable bonds is 6. The minimum Gasteiger partial charge on any atom is -0.347 e. The first-order valence-electron chi connectivity index (χ1n) is 7.61. The number of hydrogen-bond acceptors (Lipinski definition) is 3. The minimum atomic E-state index is -0.389. The van der Waals surface area contributed by atoms with Crippen molar-refractivity contribution in [2.75, 3.05) is 19.8 Å². The van der Waals surface area contributed by atoms with Gasteiger partial charge in [-0.15, -0.1) is 0 Å². The fourth-order valence-corrected chi connectivity index (χ4v) is 2.67. The zero-order valence-corrected chi connectivity index (χ0v) is 13.1. The second kappa shape index (κ2) is 6.75. The molecule has 1 aliphatic heterocycles. The molecule has 0 bridgehead atoms. The van der Waals surface area contributed by atoms with E-state index >= 15 is 0 Å². The van der Waals surface area contributed by atoms with Gasteiger partial charge in [0, 0.05) is 24.9 Å². The van der Waals surface area contributed by atoms with Crippen LogP contribution in [0.3, 0.4) is 0 Å². The van der Waals surface area contributed by atoms with Gasteiger partial charge in [0.2, 0.25) is 0 Å². The molecular weight excluding hydrogens is 249 g/mol. The summed E-state index contributed by atoms with van der Waals surface area (Å²) >= 11 is 0. The summed E-state index contributed by atoms with van der Waals surface area (Å²) in [5, 5.41) is 3.56. The van der Waals surface area contributed by atoms with Gasteiger partial charge in [0.25, 0.3) is 0 Å². The molecule has 20 heavy (non-hydrogen) atoms. The predicted octanol–water partition coefficient (Wildman–Crippen LogP) is 1.38. The summed E-state index contributed by atoms with van der Waals surface area (Å²) in [6.45, 7) is 8.84. The average molecular weight is 275 g/mol. The lowest BCUT2D eigenvalue weighted by Crippen LogP contribution is -2.39. The quantitative estimate of drug-likeness (QED) is 0.796. The molecule has 0 aromatic heterocycles. The van der Waals surface area contributed by atoms with Crippen molar-refractivity contribution >= 4 is 13.3 Å². The molecule has 1 N–H and O–H groups in total. The Morgan fingerprint density at radius 1 is 1.15 bits per heavy atom. The topological polar surface area (TPSA) is 30.5 Å². The summed E-state index contributed by atoms with van der Waals surface area (Å²) in [6.07, 6.45) is 0.890. The first-order valence-corrected chi connectivity index (χ1v) is 7.61. The second-order valence-electron chi connectivity index (χ2n) is 6.00. The van der Waals surface area contributed by atoms with Crippen LogP contribution in [-0.4, -0.2) is 33.4 Å². The maximum Gasteiger partial charge on any atom is 0.171 e. The van der Waals surface area contributed by atoms with Crippen LogP contribution in [0.2, 0.25) is 0 Å². The highest BCUT2D eigenvalue weighted by Crippen LogP contribution is 2.31. The maximum atomic E-state index is 5.84. The van der Waals surface area contributed by atoms with E-state index in [-0.39, 0.29) is 5.79 Å². The zero-order chi connectivity index (χ0) is 14.6. The lowest BCUT2D eigenvalue weighted by Gasteiger charge is -2.32. The van der Waals surface area contributed by atoms with Gasteiger partial charge in [-0.2, -0.15) is 0 Å². The maximum absolute atomic E-state index is 5.84. The molecule has 1 fully saturated rings. The molecule has 0 spiro atoms. The Bertz CT molecular complexity index is 413. The van der Waals surface area contributed by atoms with Crippen LogP contribution in [-0.2, 0) is 9.47 Å². The monoisotopic (exact) mass is 275 g/mol. The highest BCUT2D eigenvalue weighted by molar-refractivity contribution is 6.32. The van der Waals surface area contributed by atoms with Crippen LogP contribution < -0.4 is 10.8 Å². The standard InChI is InChI=1S/C16H26BNO2/c1-12(2)16(19-10-11-20-16)8-9-18-13(3)14-4-6-15(17)7-5-14/h4-7,12-13,18H,8-11,17H2,1-3H3/t13-/m0/s1. The van der Waals surface area contributed by atoms with Crippen molar-refractivity contribution in [1.82, 2.24) is 5.32 Å². The van der Waals surface area contributed by atoms with E-state index in [1.807, 2.05) is 0 Å². The molecule has 3 nitrogen and oxygen atoms in total. The van der Waals surface area contributed by atoms with E-state index in [0.717, 1.165) is 13.0 Å². The van der Waals surface area contributed by atoms with Crippen LogP contribution in [0.25, 0.3) is 0 Å². The van der Waals surface area contributed by atoms with Crippen LogP contribution in [0, 0.1) is 5.92 Å². The molecule has 0 amide bonds. The molecule has 1 heterocycles. The second-order valence-corrected chi connectivity index (χ2v) is 6.00. The van der Waals surface area contributed by atoms with Crippen molar-refractivity contribution in [2.45, 2.75) is 39.0 Å². The summed E-state index contributed by atoms with van der Waals surface area (Å²) in [6, 6.07) is 9.04. The fraction of sp³-hybridized carbons (Fsp3) is 0.625. The van der Waals surface area contributed by atoms with Crippen molar-refractivity contribution in [3.63, 3.8) is 0 Å². The Kier molecular flexibility index (Phi) is 5.25. The molecule has 4 heteroatoms. The van der Waals surface area contributed by atoms with Crippen molar-refractivity contribution in [3.8, 4) is 0 Å². The van der Waals surface area contributed by atoms with E-state index < -0.39 is 0 Å². The van der Waals surface area contributed by atoms with Gasteiger partial charge in [-0.05, 0) is 12.5 Å². The number of ether oxygens (including phenoxy) is 2. The summed E-state index contributed by atoms with van der Waals surface area (Å²) in [4.78, 5) is 0. The van der Waals surface area contributed by atoms with E-state index in [1.54, 1.807) is 0 Å². The van der Waals surface area contributed by atoms with E-state index in [1.165, 1.54) is 11.0 Å². The molecule has 2 rings (SSSR count). The molecule has 0 radical (unpaired) electrons. The molecule has 1 aromatic rings. The van der Waals surface area contributed by atoms with Gasteiger partial charge in [-0.3, -0.25) is 0 Å². The lowest BCUT2D eigenvalue weighted by molar-refractivity contribution is -0.191. The van der Waals surface area contributed by atoms with Crippen molar-refractivity contribution < 1.29 is 9.47 Å². The van der Waals surface area contributed by atoms with Crippen molar-refractivity contribution in [1.29, 1.82) is 0 Å². The Morgan fingerprint density at radius 3 is 2.30 bits per heavy atom. The van der Waals surface area contributed by atoms with Gasteiger partial charge >= 0.3 is 0 Å². The molecular formula is C16H26BNO2. The third kappa shape index (κ3) is 3.63. The molecule has 1 aromatic carbocycles. The molecule has 1 saturated heterocycles. The van der Waals surface area contributed by atoms with Crippen molar-refractivity contribution in [2.24, 2.45) is 5.92 Å². The molecule has 0 saturated carbocycles. The lowest BCUT2D eigenvalue weighted by atomic mass is 9.94. The summed E-state index contributed by atoms with van der Waals surface area (Å²) in [7, 11) is 2.11. The fourth-order valence-electron chi connectivity index (χ4n) is 2.67. The van der Waals surface area contributed by atoms with Gasteiger partial charge in [-0.1, -0.05) is 43.6 Å². The van der Waals surface area contributed by atoms with Gasteiger partial charge < -0.3 is 14.8 Å². The molecule has 1 atom stereocenters. The number of nitrogens with one attached hydrogen (secondary N) is 1. The number of hydrogen-bond donors (Lipinski definition) is 1. The zero-order valence-electron chi connectivity index (χ0n) is 13.1. The molecule has 1 aliphatic rings. The van der Waals surface area contributed by atoms with Crippen LogP contribution in [0.5, 0.6) is 0 Å². The Balaban J connectivity index is 1.84. The summed E-state index contributed by atoms with van der Waals surface area (Å²) in [5.41, 5.74) is 2.62. The Hall–Kier alpha value is -0.835. The van der Waals surface area contributed by atoms with E-state index in [0.29, 0.717) is 25.2 Å².